The van der Waals surface area contributed by atoms with Gasteiger partial charge in [0.1, 0.15) is 5.60 Å². The zero-order valence-electron chi connectivity index (χ0n) is 12.4. The maximum absolute atomic E-state index is 13.6. The number of hydrogen-bond acceptors (Lipinski definition) is 3. The maximum atomic E-state index is 13.6. The van der Waals surface area contributed by atoms with Gasteiger partial charge in [-0.2, -0.15) is 0 Å². The van der Waals surface area contributed by atoms with Crippen LogP contribution in [0.3, 0.4) is 0 Å². The Bertz CT molecular complexity index is 415. The first-order valence-corrected chi connectivity index (χ1v) is 6.37. The van der Waals surface area contributed by atoms with Crippen LogP contribution in [0.25, 0.3) is 0 Å². The lowest BCUT2D eigenvalue weighted by atomic mass is 9.83. The molecule has 0 bridgehead atoms. The predicted octanol–water partition coefficient (Wildman–Crippen LogP) is 2.74. The minimum absolute atomic E-state index is 0.675. The molecule has 20 heavy (non-hydrogen) atoms. The second-order valence-corrected chi connectivity index (χ2v) is 6.71. The molecule has 0 aromatic carbocycles. The van der Waals surface area contributed by atoms with Crippen molar-refractivity contribution in [2.75, 3.05) is 6.54 Å². The van der Waals surface area contributed by atoms with Crippen molar-refractivity contribution in [2.24, 2.45) is 5.41 Å². The molecule has 1 heterocycles. The molecular weight excluding hydrogens is 272 g/mol. The van der Waals surface area contributed by atoms with Crippen LogP contribution in [0.15, 0.2) is 0 Å². The first-order chi connectivity index (χ1) is 8.76. The van der Waals surface area contributed by atoms with E-state index in [0.29, 0.717) is 0 Å². The third-order valence-corrected chi connectivity index (χ3v) is 3.28. The Hall–Kier alpha value is -1.40. The van der Waals surface area contributed by atoms with Crippen molar-refractivity contribution in [2.45, 2.75) is 58.6 Å². The van der Waals surface area contributed by atoms with E-state index in [4.69, 9.17) is 4.74 Å². The summed E-state index contributed by atoms with van der Waals surface area (Å²) in [6, 6.07) is -1.11. The van der Waals surface area contributed by atoms with Crippen LogP contribution in [0.4, 0.5) is 13.6 Å². The summed E-state index contributed by atoms with van der Waals surface area (Å²) in [7, 11) is 0. The number of carbonyl (C=O) groups is 2. The van der Waals surface area contributed by atoms with Crippen LogP contribution in [0.5, 0.6) is 0 Å². The molecule has 0 aliphatic carbocycles. The third-order valence-electron chi connectivity index (χ3n) is 3.28. The van der Waals surface area contributed by atoms with E-state index in [1.165, 1.54) is 13.8 Å². The highest BCUT2D eigenvalue weighted by atomic mass is 19.3. The molecule has 0 aromatic rings. The summed E-state index contributed by atoms with van der Waals surface area (Å²) >= 11 is 0. The van der Waals surface area contributed by atoms with Gasteiger partial charge >= 0.3 is 12.1 Å². The molecular formula is C13H21F2NO4. The minimum Gasteiger partial charge on any atom is -0.481 e. The largest absolute Gasteiger partial charge is 0.481 e. The van der Waals surface area contributed by atoms with E-state index in [0.717, 1.165) is 4.90 Å². The Morgan fingerprint density at radius 2 is 1.75 bits per heavy atom. The van der Waals surface area contributed by atoms with E-state index < -0.39 is 48.0 Å². The highest BCUT2D eigenvalue weighted by Gasteiger charge is 2.55. The molecule has 1 aliphatic rings. The summed E-state index contributed by atoms with van der Waals surface area (Å²) in [5.41, 5.74) is -2.30. The summed E-state index contributed by atoms with van der Waals surface area (Å²) in [5.74, 6) is -4.33. The van der Waals surface area contributed by atoms with E-state index in [9.17, 15) is 23.5 Å². The number of carbonyl (C=O) groups excluding carboxylic acids is 1. The zero-order valence-corrected chi connectivity index (χ0v) is 12.4. The molecule has 1 fully saturated rings. The smallest absolute Gasteiger partial charge is 0.410 e. The number of amides is 1. The Labute approximate surface area is 116 Å². The molecule has 0 radical (unpaired) electrons. The van der Waals surface area contributed by atoms with Gasteiger partial charge in [-0.3, -0.25) is 9.69 Å². The number of likely N-dealkylation sites (tertiary alicyclic amines) is 1. The Morgan fingerprint density at radius 1 is 1.25 bits per heavy atom. The van der Waals surface area contributed by atoms with E-state index in [1.54, 1.807) is 20.8 Å². The highest BCUT2D eigenvalue weighted by molar-refractivity contribution is 5.77. The molecule has 1 amide bonds. The Morgan fingerprint density at radius 3 is 2.15 bits per heavy atom. The van der Waals surface area contributed by atoms with E-state index >= 15 is 0 Å². The van der Waals surface area contributed by atoms with Gasteiger partial charge in [-0.15, -0.1) is 0 Å². The summed E-state index contributed by atoms with van der Waals surface area (Å²) in [5, 5.41) is 9.18. The fourth-order valence-corrected chi connectivity index (χ4v) is 2.12. The number of hydrogen-bond donors (Lipinski definition) is 1. The van der Waals surface area contributed by atoms with Gasteiger partial charge in [-0.25, -0.2) is 13.6 Å². The van der Waals surface area contributed by atoms with Crippen molar-refractivity contribution in [3.63, 3.8) is 0 Å². The van der Waals surface area contributed by atoms with Crippen molar-refractivity contribution in [1.82, 2.24) is 4.90 Å². The molecule has 0 aromatic heterocycles. The van der Waals surface area contributed by atoms with Gasteiger partial charge in [0.25, 0.3) is 5.92 Å². The van der Waals surface area contributed by atoms with E-state index in [2.05, 4.69) is 0 Å². The van der Waals surface area contributed by atoms with Gasteiger partial charge in [-0.05, 0) is 34.6 Å². The summed E-state index contributed by atoms with van der Waals surface area (Å²) in [6.45, 7) is 6.71. The molecule has 7 heteroatoms. The van der Waals surface area contributed by atoms with Crippen LogP contribution in [-0.4, -0.2) is 46.2 Å². The molecule has 1 aliphatic heterocycles. The number of halogens is 2. The van der Waals surface area contributed by atoms with Crippen LogP contribution in [0, 0.1) is 5.41 Å². The summed E-state index contributed by atoms with van der Waals surface area (Å²) < 4.78 is 32.3. The molecule has 1 N–H and O–H groups in total. The molecule has 1 rings (SSSR count). The molecule has 0 saturated carbocycles. The summed E-state index contributed by atoms with van der Waals surface area (Å²) in [6.07, 6.45) is -1.58. The van der Waals surface area contributed by atoms with Crippen molar-refractivity contribution in [3.05, 3.63) is 0 Å². The van der Waals surface area contributed by atoms with Gasteiger partial charge in [0.15, 0.2) is 0 Å². The van der Waals surface area contributed by atoms with Crippen LogP contribution in [-0.2, 0) is 9.53 Å². The second-order valence-electron chi connectivity index (χ2n) is 6.71. The molecule has 0 spiro atoms. The molecule has 0 unspecified atom stereocenters. The van der Waals surface area contributed by atoms with Crippen LogP contribution >= 0.6 is 0 Å². The Kier molecular flexibility index (Phi) is 4.04. The topological polar surface area (TPSA) is 66.8 Å². The number of rotatable bonds is 2. The van der Waals surface area contributed by atoms with Crippen molar-refractivity contribution in [1.29, 1.82) is 0 Å². The standard InChI is InChI=1S/C13H21F2NO4/c1-11(2,3)20-10(19)16-7-13(14,15)6-8(16)12(4,5)9(17)18/h8H,6-7H2,1-5H3,(H,17,18)/t8-/m1/s1. The van der Waals surface area contributed by atoms with Crippen LogP contribution in [0.1, 0.15) is 41.0 Å². The maximum Gasteiger partial charge on any atom is 0.410 e. The number of carboxylic acids is 1. The number of carboxylic acid groups (broad SMARTS) is 1. The molecule has 116 valence electrons. The Balaban J connectivity index is 3.03. The van der Waals surface area contributed by atoms with Crippen molar-refractivity contribution < 1.29 is 28.2 Å². The van der Waals surface area contributed by atoms with Crippen molar-refractivity contribution in [3.8, 4) is 0 Å². The SMILES string of the molecule is CC(C)(C)OC(=O)N1CC(F)(F)C[C@@H]1C(C)(C)C(=O)O. The van der Waals surface area contributed by atoms with E-state index in [1.807, 2.05) is 0 Å². The third kappa shape index (κ3) is 3.58. The lowest BCUT2D eigenvalue weighted by Gasteiger charge is -2.34. The van der Waals surface area contributed by atoms with Crippen LogP contribution in [0.2, 0.25) is 0 Å². The quantitative estimate of drug-likeness (QED) is 0.850. The fourth-order valence-electron chi connectivity index (χ4n) is 2.12. The lowest BCUT2D eigenvalue weighted by Crippen LogP contribution is -2.49. The summed E-state index contributed by atoms with van der Waals surface area (Å²) in [4.78, 5) is 24.1. The number of ether oxygens (including phenoxy) is 1. The first kappa shape index (κ1) is 16.7. The van der Waals surface area contributed by atoms with Crippen molar-refractivity contribution >= 4 is 12.1 Å². The molecule has 1 saturated heterocycles. The van der Waals surface area contributed by atoms with Gasteiger partial charge in [0.05, 0.1) is 18.0 Å². The van der Waals surface area contributed by atoms with Gasteiger partial charge in [-0.1, -0.05) is 0 Å². The molecule has 5 nitrogen and oxygen atoms in total. The zero-order chi connectivity index (χ0) is 15.9. The fraction of sp³-hybridized carbons (Fsp3) is 0.846. The predicted molar refractivity (Wildman–Crippen MR) is 67.7 cm³/mol. The number of aliphatic carboxylic acids is 1. The average molecular weight is 293 g/mol. The lowest BCUT2D eigenvalue weighted by molar-refractivity contribution is -0.150. The highest BCUT2D eigenvalue weighted by Crippen LogP contribution is 2.41. The van der Waals surface area contributed by atoms with Gasteiger partial charge < -0.3 is 9.84 Å². The first-order valence-electron chi connectivity index (χ1n) is 6.37. The monoisotopic (exact) mass is 293 g/mol. The second kappa shape index (κ2) is 4.86. The van der Waals surface area contributed by atoms with Gasteiger partial charge in [0, 0.05) is 6.42 Å². The number of nitrogens with zero attached hydrogens (tertiary/aromatic N) is 1. The van der Waals surface area contributed by atoms with E-state index in [-0.39, 0.29) is 0 Å². The minimum atomic E-state index is -3.10. The normalized spacial score (nSPS) is 22.8. The molecule has 1 atom stereocenters. The average Bonchev–Trinajstić information content (AvgIpc) is 2.52. The van der Waals surface area contributed by atoms with Gasteiger partial charge in [0.2, 0.25) is 0 Å². The van der Waals surface area contributed by atoms with Crippen LogP contribution < -0.4 is 0 Å². The number of alkyl halides is 2.